The molecular formula is C14H21NO3S. The normalized spacial score (nSPS) is 10.4. The van der Waals surface area contributed by atoms with E-state index in [1.165, 1.54) is 43.1 Å². The van der Waals surface area contributed by atoms with Crippen LogP contribution in [-0.4, -0.2) is 17.0 Å². The fraction of sp³-hybridized carbons (Fsp3) is 0.571. The molecule has 1 aromatic heterocycles. The van der Waals surface area contributed by atoms with Crippen LogP contribution in [0, 0.1) is 0 Å². The van der Waals surface area contributed by atoms with Crippen molar-refractivity contribution in [1.82, 2.24) is 0 Å². The van der Waals surface area contributed by atoms with E-state index in [1.807, 2.05) is 0 Å². The molecule has 2 N–H and O–H groups in total. The first-order chi connectivity index (χ1) is 9.15. The molecule has 0 saturated carbocycles. The zero-order valence-corrected chi connectivity index (χ0v) is 12.1. The molecule has 0 radical (unpaired) electrons. The smallest absolute Gasteiger partial charge is 0.338 e. The number of carbonyl (C=O) groups is 2. The molecule has 1 heterocycles. The summed E-state index contributed by atoms with van der Waals surface area (Å²) < 4.78 is 0. The molecule has 0 aliphatic carbocycles. The van der Waals surface area contributed by atoms with Crippen LogP contribution in [-0.2, 0) is 4.79 Å². The van der Waals surface area contributed by atoms with E-state index in [0.717, 1.165) is 12.8 Å². The minimum Gasteiger partial charge on any atom is -0.478 e. The van der Waals surface area contributed by atoms with Crippen LogP contribution in [0.3, 0.4) is 0 Å². The zero-order valence-electron chi connectivity index (χ0n) is 11.3. The first kappa shape index (κ1) is 15.7. The molecule has 5 heteroatoms. The summed E-state index contributed by atoms with van der Waals surface area (Å²) in [5.74, 6) is -1.10. The number of anilines is 1. The highest BCUT2D eigenvalue weighted by Gasteiger charge is 2.13. The summed E-state index contributed by atoms with van der Waals surface area (Å²) in [6, 6.07) is 1.51. The minimum atomic E-state index is -1.00. The third-order valence-electron chi connectivity index (χ3n) is 2.91. The number of unbranched alkanes of at least 4 members (excludes halogenated alkanes) is 5. The quantitative estimate of drug-likeness (QED) is 0.669. The highest BCUT2D eigenvalue weighted by Crippen LogP contribution is 2.23. The third-order valence-corrected chi connectivity index (χ3v) is 3.74. The Hall–Kier alpha value is -1.36. The van der Waals surface area contributed by atoms with Gasteiger partial charge in [-0.15, -0.1) is 11.3 Å². The Morgan fingerprint density at radius 3 is 2.58 bits per heavy atom. The SMILES string of the molecule is CCCCCCCCC(=O)Nc1sccc1C(=O)O. The van der Waals surface area contributed by atoms with E-state index < -0.39 is 5.97 Å². The highest BCUT2D eigenvalue weighted by atomic mass is 32.1. The maximum Gasteiger partial charge on any atom is 0.338 e. The fourth-order valence-electron chi connectivity index (χ4n) is 1.83. The van der Waals surface area contributed by atoms with Gasteiger partial charge in [0.25, 0.3) is 0 Å². The lowest BCUT2D eigenvalue weighted by molar-refractivity contribution is -0.116. The van der Waals surface area contributed by atoms with Gasteiger partial charge in [0, 0.05) is 6.42 Å². The predicted molar refractivity (Wildman–Crippen MR) is 77.9 cm³/mol. The van der Waals surface area contributed by atoms with Crippen LogP contribution in [0.1, 0.15) is 62.2 Å². The lowest BCUT2D eigenvalue weighted by atomic mass is 10.1. The van der Waals surface area contributed by atoms with Crippen LogP contribution in [0.2, 0.25) is 0 Å². The van der Waals surface area contributed by atoms with E-state index in [1.54, 1.807) is 5.38 Å². The van der Waals surface area contributed by atoms with Crippen molar-refractivity contribution in [2.45, 2.75) is 51.9 Å². The van der Waals surface area contributed by atoms with Gasteiger partial charge in [0.05, 0.1) is 5.56 Å². The van der Waals surface area contributed by atoms with Gasteiger partial charge < -0.3 is 10.4 Å². The number of carboxylic acids is 1. The van der Waals surface area contributed by atoms with Gasteiger partial charge in [0.1, 0.15) is 5.00 Å². The summed E-state index contributed by atoms with van der Waals surface area (Å²) in [4.78, 5) is 22.6. The molecule has 0 aliphatic heterocycles. The van der Waals surface area contributed by atoms with Crippen molar-refractivity contribution in [3.8, 4) is 0 Å². The number of rotatable bonds is 9. The molecular weight excluding hydrogens is 262 g/mol. The van der Waals surface area contributed by atoms with E-state index in [2.05, 4.69) is 12.2 Å². The Morgan fingerprint density at radius 1 is 1.21 bits per heavy atom. The molecule has 0 saturated heterocycles. The summed E-state index contributed by atoms with van der Waals surface area (Å²) in [6.07, 6.45) is 7.25. The number of hydrogen-bond acceptors (Lipinski definition) is 3. The molecule has 0 bridgehead atoms. The van der Waals surface area contributed by atoms with Gasteiger partial charge in [-0.05, 0) is 17.9 Å². The summed E-state index contributed by atoms with van der Waals surface area (Å²) in [7, 11) is 0. The summed E-state index contributed by atoms with van der Waals surface area (Å²) >= 11 is 1.24. The standard InChI is InChI=1S/C14H21NO3S/c1-2-3-4-5-6-7-8-12(16)15-13-11(14(17)18)9-10-19-13/h9-10H,2-8H2,1H3,(H,15,16)(H,17,18). The molecule has 1 aromatic rings. The molecule has 0 fully saturated rings. The molecule has 0 atom stereocenters. The van der Waals surface area contributed by atoms with Crippen molar-refractivity contribution in [1.29, 1.82) is 0 Å². The lowest BCUT2D eigenvalue weighted by Crippen LogP contribution is -2.12. The number of nitrogens with one attached hydrogen (secondary N) is 1. The molecule has 19 heavy (non-hydrogen) atoms. The first-order valence-corrected chi connectivity index (χ1v) is 7.63. The lowest BCUT2D eigenvalue weighted by Gasteiger charge is -2.04. The van der Waals surface area contributed by atoms with Crippen LogP contribution in [0.5, 0.6) is 0 Å². The van der Waals surface area contributed by atoms with Gasteiger partial charge >= 0.3 is 5.97 Å². The number of thiophene rings is 1. The van der Waals surface area contributed by atoms with E-state index in [-0.39, 0.29) is 11.5 Å². The Kier molecular flexibility index (Phi) is 7.18. The van der Waals surface area contributed by atoms with Gasteiger partial charge in [-0.2, -0.15) is 0 Å². The van der Waals surface area contributed by atoms with Crippen molar-refractivity contribution in [2.75, 3.05) is 5.32 Å². The maximum atomic E-state index is 11.7. The van der Waals surface area contributed by atoms with Gasteiger partial charge in [0.2, 0.25) is 5.91 Å². The minimum absolute atomic E-state index is 0.0968. The monoisotopic (exact) mass is 283 g/mol. The van der Waals surface area contributed by atoms with Gasteiger partial charge in [0.15, 0.2) is 0 Å². The van der Waals surface area contributed by atoms with Crippen molar-refractivity contribution in [3.63, 3.8) is 0 Å². The van der Waals surface area contributed by atoms with Crippen molar-refractivity contribution in [2.24, 2.45) is 0 Å². The van der Waals surface area contributed by atoms with Crippen LogP contribution < -0.4 is 5.32 Å². The summed E-state index contributed by atoms with van der Waals surface area (Å²) in [6.45, 7) is 2.18. The van der Waals surface area contributed by atoms with Crippen LogP contribution in [0.4, 0.5) is 5.00 Å². The topological polar surface area (TPSA) is 66.4 Å². The average molecular weight is 283 g/mol. The molecule has 0 aliphatic rings. The third kappa shape index (κ3) is 5.87. The molecule has 0 aromatic carbocycles. The van der Waals surface area contributed by atoms with Crippen LogP contribution in [0.25, 0.3) is 0 Å². The van der Waals surface area contributed by atoms with Crippen LogP contribution >= 0.6 is 11.3 Å². The maximum absolute atomic E-state index is 11.7. The van der Waals surface area contributed by atoms with Gasteiger partial charge in [-0.25, -0.2) is 4.79 Å². The number of carboxylic acid groups (broad SMARTS) is 1. The van der Waals surface area contributed by atoms with Crippen molar-refractivity contribution in [3.05, 3.63) is 17.0 Å². The van der Waals surface area contributed by atoms with E-state index in [4.69, 9.17) is 5.11 Å². The average Bonchev–Trinajstić information content (AvgIpc) is 2.81. The second-order valence-corrected chi connectivity index (χ2v) is 5.45. The zero-order chi connectivity index (χ0) is 14.1. The first-order valence-electron chi connectivity index (χ1n) is 6.75. The van der Waals surface area contributed by atoms with Crippen molar-refractivity contribution < 1.29 is 14.7 Å². The molecule has 0 unspecified atom stereocenters. The Balaban J connectivity index is 2.24. The van der Waals surface area contributed by atoms with E-state index in [9.17, 15) is 9.59 Å². The highest BCUT2D eigenvalue weighted by molar-refractivity contribution is 7.14. The van der Waals surface area contributed by atoms with E-state index in [0.29, 0.717) is 11.4 Å². The second-order valence-electron chi connectivity index (χ2n) is 4.53. The number of aromatic carboxylic acids is 1. The second kappa shape index (κ2) is 8.69. The predicted octanol–water partition coefficient (Wildman–Crippen LogP) is 4.14. The molecule has 1 rings (SSSR count). The molecule has 4 nitrogen and oxygen atoms in total. The fourth-order valence-corrected chi connectivity index (χ4v) is 2.62. The number of amides is 1. The summed E-state index contributed by atoms with van der Waals surface area (Å²) in [5, 5.41) is 13.7. The van der Waals surface area contributed by atoms with Crippen molar-refractivity contribution >= 4 is 28.2 Å². The number of hydrogen-bond donors (Lipinski definition) is 2. The Labute approximate surface area is 117 Å². The molecule has 1 amide bonds. The number of carbonyl (C=O) groups excluding carboxylic acids is 1. The van der Waals surface area contributed by atoms with E-state index >= 15 is 0 Å². The Morgan fingerprint density at radius 2 is 1.89 bits per heavy atom. The largest absolute Gasteiger partial charge is 0.478 e. The molecule has 106 valence electrons. The Bertz CT molecular complexity index is 415. The molecule has 0 spiro atoms. The van der Waals surface area contributed by atoms with Gasteiger partial charge in [-0.3, -0.25) is 4.79 Å². The van der Waals surface area contributed by atoms with Crippen LogP contribution in [0.15, 0.2) is 11.4 Å². The van der Waals surface area contributed by atoms with Gasteiger partial charge in [-0.1, -0.05) is 39.0 Å². The summed E-state index contributed by atoms with van der Waals surface area (Å²) in [5.41, 5.74) is 0.168.